The molecule has 8 heterocycles. The number of hydrogen-bond acceptors (Lipinski definition) is 18. The summed E-state index contributed by atoms with van der Waals surface area (Å²) in [5.74, 6) is -6.30. The zero-order valence-corrected chi connectivity index (χ0v) is 79.1. The maximum Gasteiger partial charge on any atom is 0.410 e. The molecular formula is C105H110F4N16O15. The number of likely N-dealkylation sites (tertiary alicyclic amines) is 4. The molecule has 4 saturated heterocycles. The second-order valence-electron chi connectivity index (χ2n) is 37.0. The van der Waals surface area contributed by atoms with Gasteiger partial charge < -0.3 is 84.7 Å². The molecule has 8 aromatic carbocycles. The standard InChI is InChI=1S/C50H50F2N8O6.C45H49F2N7O5.C10H11NO4/c1-28(2)42(57-48(63)65-3)46(61)59-22-8-12-40(59)45-54-27-39(56-45)33-19-21-35-34-20-18-32(24-36(34)50(51,52)37(35)25-33)29-14-16-30(17-15-29)38-26-53-44(55-38)41-13-9-23-60(41)47(62)43(58-49(64)66-4)31-10-6-5-7-11-31;1-25(2)38(52-42(56)58-6)41(55)53-19-7-9-36(53)39-49-24-35(51-39)29-16-18-31-30-17-15-28(21-32(30)45(46,47)33(31)22-29)26-11-13-27(14-12-26)34-23-48-40(50-34)37-10-8-20-54(37)43(57)59-44(3,4)5;1-15-10(14)11-8(9(12)13)7-5-3-2-4-6-7/h5-7,10-11,14-21,24-28,40-43H,8-9,12-13,22-23H2,1-4H3,(H,53,55)(H,54,56)(H,57,63)(H,58,64);11-18,21-25,36-38H,7-10,19-20H2,1-6H3,(H,48,50)(H,49,51)(H,52,56);2-6,8H,1H3,(H,11,14)(H,12,13)/t40-,41-,42-,43+;36-,37-,38-;8-/m001/s1. The number of carboxylic acids is 1. The molecule has 4 aliphatic heterocycles. The van der Waals surface area contributed by atoms with Crippen molar-refractivity contribution in [2.24, 2.45) is 11.8 Å². The van der Waals surface area contributed by atoms with Crippen LogP contribution in [0, 0.1) is 11.8 Å². The van der Waals surface area contributed by atoms with Crippen LogP contribution in [-0.4, -0.2) is 191 Å². The Bertz CT molecular complexity index is 6600. The minimum absolute atomic E-state index is 0.0544. The number of nitrogens with one attached hydrogen (secondary N) is 8. The van der Waals surface area contributed by atoms with Gasteiger partial charge in [-0.2, -0.15) is 17.6 Å². The number of carboxylic acid groups (broad SMARTS) is 1. The lowest BCUT2D eigenvalue weighted by Gasteiger charge is -2.30. The van der Waals surface area contributed by atoms with E-state index >= 15 is 17.6 Å². The summed E-state index contributed by atoms with van der Waals surface area (Å²) < 4.78 is 90.0. The molecule has 18 rings (SSSR count). The van der Waals surface area contributed by atoms with Crippen LogP contribution in [0.2, 0.25) is 0 Å². The largest absolute Gasteiger partial charge is 0.479 e. The number of carbonyl (C=O) groups is 9. The molecule has 8 amide bonds. The highest BCUT2D eigenvalue weighted by molar-refractivity contribution is 5.91. The molecule has 9 N–H and O–H groups in total. The van der Waals surface area contributed by atoms with Crippen LogP contribution in [-0.2, 0) is 54.7 Å². The number of methoxy groups -OCH3 is 4. The van der Waals surface area contributed by atoms with E-state index in [1.165, 1.54) is 40.6 Å². The Morgan fingerprint density at radius 3 is 0.979 bits per heavy atom. The van der Waals surface area contributed by atoms with Crippen molar-refractivity contribution >= 4 is 54.2 Å². The summed E-state index contributed by atoms with van der Waals surface area (Å²) in [6.45, 7) is 15.1. The first kappa shape index (κ1) is 97.6. The molecule has 35 heteroatoms. The lowest BCUT2D eigenvalue weighted by molar-refractivity contribution is -0.139. The molecule has 6 aliphatic rings. The maximum atomic E-state index is 16.5. The van der Waals surface area contributed by atoms with Gasteiger partial charge in [0, 0.05) is 59.6 Å². The zero-order valence-electron chi connectivity index (χ0n) is 79.1. The molecule has 12 aromatic rings. The zero-order chi connectivity index (χ0) is 99.3. The molecule has 4 fully saturated rings. The number of benzene rings is 8. The fourth-order valence-corrected chi connectivity index (χ4v) is 19.1. The quantitative estimate of drug-likeness (QED) is 0.0225. The number of amides is 8. The van der Waals surface area contributed by atoms with Crippen LogP contribution in [0.3, 0.4) is 0 Å². The molecule has 0 unspecified atom stereocenters. The molecule has 0 bridgehead atoms. The third kappa shape index (κ3) is 20.5. The minimum Gasteiger partial charge on any atom is -0.479 e. The Labute approximate surface area is 805 Å². The fraction of sp³-hybridized carbons (Fsp3) is 0.343. The van der Waals surface area contributed by atoms with Crippen LogP contribution < -0.4 is 21.3 Å². The molecule has 4 aromatic heterocycles. The summed E-state index contributed by atoms with van der Waals surface area (Å²) in [6, 6.07) is 48.3. The van der Waals surface area contributed by atoms with E-state index in [1.54, 1.807) is 129 Å². The highest BCUT2D eigenvalue weighted by atomic mass is 19.3. The van der Waals surface area contributed by atoms with Gasteiger partial charge in [0.1, 0.15) is 47.0 Å². The number of hydrogen-bond donors (Lipinski definition) is 9. The Kier molecular flexibility index (Phi) is 28.6. The average Bonchev–Trinajstić information content (AvgIpc) is 1.57. The topological polar surface area (TPSA) is 396 Å². The van der Waals surface area contributed by atoms with E-state index in [0.717, 1.165) is 65.7 Å². The lowest BCUT2D eigenvalue weighted by Crippen LogP contribution is -2.51. The monoisotopic (exact) mass is 1910 g/mol. The number of fused-ring (bicyclic) bond motifs is 6. The van der Waals surface area contributed by atoms with E-state index in [4.69, 9.17) is 24.1 Å². The number of ether oxygens (including phenoxy) is 5. The molecule has 8 atom stereocenters. The highest BCUT2D eigenvalue weighted by Gasteiger charge is 2.48. The van der Waals surface area contributed by atoms with Gasteiger partial charge in [-0.15, -0.1) is 0 Å². The summed E-state index contributed by atoms with van der Waals surface area (Å²) in [7, 11) is 4.94. The number of imidazole rings is 4. The summed E-state index contributed by atoms with van der Waals surface area (Å²) in [5.41, 5.74) is 10.4. The van der Waals surface area contributed by atoms with Crippen molar-refractivity contribution in [3.8, 4) is 89.5 Å². The summed E-state index contributed by atoms with van der Waals surface area (Å²) in [4.78, 5) is 151. The van der Waals surface area contributed by atoms with Crippen molar-refractivity contribution in [1.29, 1.82) is 0 Å². The molecule has 0 saturated carbocycles. The normalized spacial score (nSPS) is 17.7. The summed E-state index contributed by atoms with van der Waals surface area (Å²) in [5, 5.41) is 19.1. The van der Waals surface area contributed by atoms with Crippen LogP contribution in [0.4, 0.5) is 41.5 Å². The molecule has 0 spiro atoms. The van der Waals surface area contributed by atoms with Gasteiger partial charge in [0.05, 0.1) is 100 Å². The van der Waals surface area contributed by atoms with Crippen LogP contribution in [0.15, 0.2) is 207 Å². The Morgan fingerprint density at radius 1 is 0.371 bits per heavy atom. The number of rotatable bonds is 22. The summed E-state index contributed by atoms with van der Waals surface area (Å²) >= 11 is 0. The first-order chi connectivity index (χ1) is 67.1. The Balaban J connectivity index is 0.000000176. The number of carbonyl (C=O) groups excluding carboxylic acids is 8. The fourth-order valence-electron chi connectivity index (χ4n) is 19.1. The Morgan fingerprint density at radius 2 is 0.650 bits per heavy atom. The van der Waals surface area contributed by atoms with E-state index in [-0.39, 0.29) is 82.1 Å². The number of aromatic nitrogens is 8. The van der Waals surface area contributed by atoms with Gasteiger partial charge in [-0.3, -0.25) is 19.3 Å². The number of nitrogens with zero attached hydrogens (tertiary/aromatic N) is 8. The molecular weight excluding hydrogens is 1800 g/mol. The van der Waals surface area contributed by atoms with E-state index in [0.29, 0.717) is 136 Å². The molecule has 31 nitrogen and oxygen atoms in total. The minimum atomic E-state index is -3.27. The van der Waals surface area contributed by atoms with E-state index in [1.807, 2.05) is 133 Å². The van der Waals surface area contributed by atoms with Crippen molar-refractivity contribution < 1.29 is 89.5 Å². The van der Waals surface area contributed by atoms with E-state index < -0.39 is 72.0 Å². The van der Waals surface area contributed by atoms with Crippen LogP contribution in [0.1, 0.15) is 193 Å². The number of alkyl carbamates (subject to hydrolysis) is 4. The van der Waals surface area contributed by atoms with E-state index in [2.05, 4.69) is 65.9 Å². The van der Waals surface area contributed by atoms with Gasteiger partial charge in [0.2, 0.25) is 11.8 Å². The van der Waals surface area contributed by atoms with E-state index in [9.17, 15) is 43.2 Å². The molecule has 140 heavy (non-hydrogen) atoms. The molecule has 0 radical (unpaired) electrons. The summed E-state index contributed by atoms with van der Waals surface area (Å²) in [6.07, 6.45) is 9.44. The van der Waals surface area contributed by atoms with Gasteiger partial charge in [0.15, 0.2) is 6.04 Å². The first-order valence-electron chi connectivity index (χ1n) is 46.5. The number of aromatic amines is 4. The highest BCUT2D eigenvalue weighted by Crippen LogP contribution is 2.55. The van der Waals surface area contributed by atoms with Crippen molar-refractivity contribution in [2.75, 3.05) is 54.6 Å². The third-order valence-electron chi connectivity index (χ3n) is 26.3. The van der Waals surface area contributed by atoms with Crippen LogP contribution in [0.25, 0.3) is 89.5 Å². The average molecular weight is 1910 g/mol. The number of H-pyrrole nitrogens is 4. The second-order valence-corrected chi connectivity index (χ2v) is 37.0. The Hall–Kier alpha value is -15.5. The predicted molar refractivity (Wildman–Crippen MR) is 512 cm³/mol. The molecule has 2 aliphatic carbocycles. The first-order valence-corrected chi connectivity index (χ1v) is 46.5. The smallest absolute Gasteiger partial charge is 0.410 e. The van der Waals surface area contributed by atoms with Gasteiger partial charge >= 0.3 is 36.4 Å². The lowest BCUT2D eigenvalue weighted by atomic mass is 9.97. The number of aliphatic carboxylic acids is 1. The third-order valence-corrected chi connectivity index (χ3v) is 26.3. The number of halogens is 4. The van der Waals surface area contributed by atoms with Crippen molar-refractivity contribution in [3.05, 3.63) is 263 Å². The van der Waals surface area contributed by atoms with Gasteiger partial charge in [-0.25, -0.2) is 48.7 Å². The predicted octanol–water partition coefficient (Wildman–Crippen LogP) is 19.6. The van der Waals surface area contributed by atoms with Gasteiger partial charge in [0.25, 0.3) is 17.8 Å². The van der Waals surface area contributed by atoms with Crippen LogP contribution in [0.5, 0.6) is 0 Å². The second kappa shape index (κ2) is 41.1. The van der Waals surface area contributed by atoms with Crippen LogP contribution >= 0.6 is 0 Å². The van der Waals surface area contributed by atoms with Gasteiger partial charge in [-0.05, 0) is 175 Å². The van der Waals surface area contributed by atoms with Gasteiger partial charge in [-0.1, -0.05) is 185 Å². The van der Waals surface area contributed by atoms with Crippen molar-refractivity contribution in [2.45, 2.75) is 166 Å². The number of alkyl halides is 4. The van der Waals surface area contributed by atoms with Crippen molar-refractivity contribution in [3.63, 3.8) is 0 Å². The molecule has 728 valence electrons. The SMILES string of the molecule is COC(=O)N[C@@H](C(=O)O)c1ccccc1.COC(=O)N[C@H](C(=O)N1CCC[C@H]1c1ncc(-c2ccc3c(c2)C(F)(F)c2cc(-c4ccc(-c5cnc([C@@H]6CCCN6C(=O)OC(C)(C)C)[nH]5)cc4)ccc2-3)[nH]1)C(C)C.COC(=O)N[C@H](C(=O)N1CCC[C@H]1c1ncc(-c2ccc3c(c2)C(F)(F)c2cc(-c4ccc(-c5cnc([C@@H]6CCCN6C(=O)[C@H](NC(=O)OC)c6ccccc6)[nH]5)cc4)ccc2-3)[nH]1)C(C)C. The van der Waals surface area contributed by atoms with Crippen molar-refractivity contribution in [1.82, 2.24) is 80.7 Å². The maximum absolute atomic E-state index is 16.5.